The fraction of sp³-hybridized carbons (Fsp3) is 0.375. The second-order valence-corrected chi connectivity index (χ2v) is 5.49. The zero-order valence-electron chi connectivity index (χ0n) is 12.6. The lowest BCUT2D eigenvalue weighted by Crippen LogP contribution is -2.49. The number of benzene rings is 1. The van der Waals surface area contributed by atoms with Gasteiger partial charge in [0.25, 0.3) is 0 Å². The minimum Gasteiger partial charge on any atom is -0.490 e. The maximum absolute atomic E-state index is 13.2. The number of aliphatic hydroxyl groups is 1. The molecule has 6 nitrogen and oxygen atoms in total. The first kappa shape index (κ1) is 15.6. The Labute approximate surface area is 133 Å². The number of halogens is 1. The molecule has 1 N–H and O–H groups in total. The molecular weight excluding hydrogens is 301 g/mol. The second kappa shape index (κ2) is 6.89. The van der Waals surface area contributed by atoms with Crippen molar-refractivity contribution < 1.29 is 19.0 Å². The molecule has 1 unspecified atom stereocenters. The molecule has 0 aliphatic carbocycles. The summed E-state index contributed by atoms with van der Waals surface area (Å²) in [5.74, 6) is 0.512. The van der Waals surface area contributed by atoms with E-state index in [4.69, 9.17) is 9.47 Å². The van der Waals surface area contributed by atoms with Crippen molar-refractivity contribution in [2.75, 3.05) is 37.8 Å². The molecule has 2 heterocycles. The van der Waals surface area contributed by atoms with Crippen molar-refractivity contribution in [3.63, 3.8) is 0 Å². The molecule has 1 aromatic carbocycles. The summed E-state index contributed by atoms with van der Waals surface area (Å²) >= 11 is 0. The Morgan fingerprint density at radius 1 is 1.30 bits per heavy atom. The van der Waals surface area contributed by atoms with E-state index in [0.29, 0.717) is 24.8 Å². The highest BCUT2D eigenvalue weighted by Gasteiger charge is 2.34. The third-order valence-corrected chi connectivity index (χ3v) is 3.50. The zero-order chi connectivity index (χ0) is 16.1. The lowest BCUT2D eigenvalue weighted by Gasteiger charge is -2.30. The molecular formula is C16H18FN3O3. The monoisotopic (exact) mass is 319 g/mol. The van der Waals surface area contributed by atoms with E-state index >= 15 is 0 Å². The summed E-state index contributed by atoms with van der Waals surface area (Å²) in [7, 11) is 0. The van der Waals surface area contributed by atoms with Crippen LogP contribution in [0.2, 0.25) is 0 Å². The normalized spacial score (nSPS) is 21.7. The molecule has 1 aromatic heterocycles. The molecule has 23 heavy (non-hydrogen) atoms. The van der Waals surface area contributed by atoms with Crippen molar-refractivity contribution >= 4 is 5.95 Å². The number of hydrogen-bond donors (Lipinski definition) is 1. The lowest BCUT2D eigenvalue weighted by atomic mass is 10.1. The van der Waals surface area contributed by atoms with E-state index in [9.17, 15) is 9.50 Å². The van der Waals surface area contributed by atoms with Crippen LogP contribution in [0.15, 0.2) is 42.7 Å². The van der Waals surface area contributed by atoms with Crippen LogP contribution < -0.4 is 9.64 Å². The number of hydrogen-bond acceptors (Lipinski definition) is 6. The van der Waals surface area contributed by atoms with Crippen molar-refractivity contribution in [3.05, 3.63) is 48.5 Å². The largest absolute Gasteiger partial charge is 0.490 e. The number of ether oxygens (including phenoxy) is 2. The molecule has 0 saturated carbocycles. The van der Waals surface area contributed by atoms with Crippen LogP contribution in [0.3, 0.4) is 0 Å². The summed E-state index contributed by atoms with van der Waals surface area (Å²) in [5.41, 5.74) is -1.23. The number of rotatable bonds is 4. The fourth-order valence-corrected chi connectivity index (χ4v) is 2.40. The average Bonchev–Trinajstić information content (AvgIpc) is 2.76. The Morgan fingerprint density at radius 2 is 2.13 bits per heavy atom. The summed E-state index contributed by atoms with van der Waals surface area (Å²) < 4.78 is 24.2. The Bertz CT molecular complexity index is 643. The standard InChI is InChI=1S/C16H18FN3O3/c17-13-3-1-4-14(9-13)23-12-16(21)10-20(7-8-22-11-16)15-18-5-2-6-19-15/h1-6,9,21H,7-8,10-12H2. The Hall–Kier alpha value is -2.25. The first-order chi connectivity index (χ1) is 11.1. The maximum atomic E-state index is 13.2. The molecule has 0 spiro atoms. The first-order valence-corrected chi connectivity index (χ1v) is 7.35. The molecule has 7 heteroatoms. The van der Waals surface area contributed by atoms with E-state index < -0.39 is 5.60 Å². The molecule has 1 fully saturated rings. The van der Waals surface area contributed by atoms with Gasteiger partial charge < -0.3 is 19.5 Å². The van der Waals surface area contributed by atoms with Crippen molar-refractivity contribution in [1.29, 1.82) is 0 Å². The van der Waals surface area contributed by atoms with E-state index in [2.05, 4.69) is 9.97 Å². The Morgan fingerprint density at radius 3 is 2.91 bits per heavy atom. The number of β-amino-alcohol motifs (C(OH)–C–C–N with tert-alkyl or cyclic N) is 1. The predicted molar refractivity (Wildman–Crippen MR) is 81.9 cm³/mol. The van der Waals surface area contributed by atoms with Crippen LogP contribution in [0, 0.1) is 5.82 Å². The van der Waals surface area contributed by atoms with E-state index in [1.807, 2.05) is 4.90 Å². The van der Waals surface area contributed by atoms with Gasteiger partial charge in [-0.2, -0.15) is 0 Å². The van der Waals surface area contributed by atoms with Crippen LogP contribution in [0.1, 0.15) is 0 Å². The van der Waals surface area contributed by atoms with E-state index in [-0.39, 0.29) is 25.6 Å². The van der Waals surface area contributed by atoms with Gasteiger partial charge in [0.05, 0.1) is 19.8 Å². The van der Waals surface area contributed by atoms with Gasteiger partial charge in [-0.1, -0.05) is 6.07 Å². The van der Waals surface area contributed by atoms with Crippen molar-refractivity contribution in [3.8, 4) is 5.75 Å². The SMILES string of the molecule is OC1(COc2cccc(F)c2)COCCN(c2ncccn2)C1. The first-order valence-electron chi connectivity index (χ1n) is 7.35. The quantitative estimate of drug-likeness (QED) is 0.915. The molecule has 0 radical (unpaired) electrons. The number of nitrogens with zero attached hydrogens (tertiary/aromatic N) is 3. The van der Waals surface area contributed by atoms with Gasteiger partial charge >= 0.3 is 0 Å². The third kappa shape index (κ3) is 4.14. The van der Waals surface area contributed by atoms with Crippen LogP contribution in [0.25, 0.3) is 0 Å². The smallest absolute Gasteiger partial charge is 0.225 e. The molecule has 1 saturated heterocycles. The summed E-state index contributed by atoms with van der Waals surface area (Å²) in [4.78, 5) is 10.2. The number of anilines is 1. The maximum Gasteiger partial charge on any atom is 0.225 e. The Balaban J connectivity index is 1.69. The third-order valence-electron chi connectivity index (χ3n) is 3.50. The van der Waals surface area contributed by atoms with Crippen LogP contribution in [0.5, 0.6) is 5.75 Å². The Kier molecular flexibility index (Phi) is 4.68. The summed E-state index contributed by atoms with van der Waals surface area (Å²) in [6.45, 7) is 1.42. The second-order valence-electron chi connectivity index (χ2n) is 5.49. The highest BCUT2D eigenvalue weighted by Crippen LogP contribution is 2.19. The fourth-order valence-electron chi connectivity index (χ4n) is 2.40. The van der Waals surface area contributed by atoms with Crippen LogP contribution >= 0.6 is 0 Å². The summed E-state index contributed by atoms with van der Waals surface area (Å²) in [5, 5.41) is 10.8. The molecule has 0 amide bonds. The van der Waals surface area contributed by atoms with E-state index in [1.165, 1.54) is 12.1 Å². The van der Waals surface area contributed by atoms with Crippen molar-refractivity contribution in [2.24, 2.45) is 0 Å². The van der Waals surface area contributed by atoms with Gasteiger partial charge in [0.1, 0.15) is 23.8 Å². The summed E-state index contributed by atoms with van der Waals surface area (Å²) in [6, 6.07) is 7.55. The van der Waals surface area contributed by atoms with E-state index in [1.54, 1.807) is 30.6 Å². The van der Waals surface area contributed by atoms with Gasteiger partial charge in [0.2, 0.25) is 5.95 Å². The average molecular weight is 319 g/mol. The van der Waals surface area contributed by atoms with Crippen LogP contribution in [-0.4, -0.2) is 53.6 Å². The van der Waals surface area contributed by atoms with Gasteiger partial charge in [-0.25, -0.2) is 14.4 Å². The van der Waals surface area contributed by atoms with Gasteiger partial charge in [0, 0.05) is 25.0 Å². The van der Waals surface area contributed by atoms with E-state index in [0.717, 1.165) is 0 Å². The van der Waals surface area contributed by atoms with Gasteiger partial charge in [-0.05, 0) is 18.2 Å². The molecule has 3 rings (SSSR count). The van der Waals surface area contributed by atoms with Crippen LogP contribution in [-0.2, 0) is 4.74 Å². The van der Waals surface area contributed by atoms with Gasteiger partial charge in [-0.15, -0.1) is 0 Å². The molecule has 1 aliphatic heterocycles. The van der Waals surface area contributed by atoms with Gasteiger partial charge in [0.15, 0.2) is 0 Å². The lowest BCUT2D eigenvalue weighted by molar-refractivity contribution is -0.0537. The molecule has 1 aliphatic rings. The highest BCUT2D eigenvalue weighted by molar-refractivity contribution is 5.30. The minimum atomic E-state index is -1.23. The minimum absolute atomic E-state index is 0.0141. The molecule has 1 atom stereocenters. The molecule has 2 aromatic rings. The highest BCUT2D eigenvalue weighted by atomic mass is 19.1. The van der Waals surface area contributed by atoms with Gasteiger partial charge in [-0.3, -0.25) is 0 Å². The zero-order valence-corrected chi connectivity index (χ0v) is 12.6. The predicted octanol–water partition coefficient (Wildman–Crippen LogP) is 1.26. The van der Waals surface area contributed by atoms with Crippen LogP contribution in [0.4, 0.5) is 10.3 Å². The molecule has 122 valence electrons. The number of aromatic nitrogens is 2. The topological polar surface area (TPSA) is 67.7 Å². The summed E-state index contributed by atoms with van der Waals surface area (Å²) in [6.07, 6.45) is 3.30. The molecule has 0 bridgehead atoms. The van der Waals surface area contributed by atoms with Crippen molar-refractivity contribution in [2.45, 2.75) is 5.60 Å². The van der Waals surface area contributed by atoms with Crippen molar-refractivity contribution in [1.82, 2.24) is 9.97 Å².